The molecular weight excluding hydrogens is 346 g/mol. The van der Waals surface area contributed by atoms with Gasteiger partial charge in [-0.3, -0.25) is 4.79 Å². The summed E-state index contributed by atoms with van der Waals surface area (Å²) >= 11 is 0. The van der Waals surface area contributed by atoms with E-state index in [1.807, 2.05) is 0 Å². The number of hydrogen-bond donors (Lipinski definition) is 2. The van der Waals surface area contributed by atoms with Gasteiger partial charge in [-0.2, -0.15) is 0 Å². The number of fused-ring (bicyclic) bond motifs is 1. The fourth-order valence-electron chi connectivity index (χ4n) is 2.61. The van der Waals surface area contributed by atoms with Crippen molar-refractivity contribution in [2.75, 3.05) is 6.61 Å². The van der Waals surface area contributed by atoms with E-state index in [9.17, 15) is 13.2 Å². The molecule has 9 nitrogen and oxygen atoms in total. The summed E-state index contributed by atoms with van der Waals surface area (Å²) in [7, 11) is -3.92. The van der Waals surface area contributed by atoms with Crippen LogP contribution in [0.2, 0.25) is 0 Å². The smallest absolute Gasteiger partial charge is 0.277 e. The van der Waals surface area contributed by atoms with Crippen molar-refractivity contribution in [3.8, 4) is 17.1 Å². The maximum absolute atomic E-state index is 12.4. The van der Waals surface area contributed by atoms with E-state index >= 15 is 0 Å². The standard InChI is InChI=1S/C15H17N5O4S/c1-4-24-12-6-5-10(25(16,22)23)7-11(12)14-18-15(21)13-8(2)17-9(3)20(13)19-14/h5-7H,4H2,1-3H3,(H2,16,22,23)(H,18,19,21). The lowest BCUT2D eigenvalue weighted by Gasteiger charge is -2.11. The average Bonchev–Trinajstić information content (AvgIpc) is 2.81. The summed E-state index contributed by atoms with van der Waals surface area (Å²) in [6, 6.07) is 4.14. The first kappa shape index (κ1) is 17.1. The van der Waals surface area contributed by atoms with Gasteiger partial charge in [-0.25, -0.2) is 23.1 Å². The summed E-state index contributed by atoms with van der Waals surface area (Å²) in [4.78, 5) is 19.2. The summed E-state index contributed by atoms with van der Waals surface area (Å²) in [5.41, 5.74) is 0.826. The molecule has 3 aromatic rings. The number of rotatable bonds is 4. The molecular formula is C15H17N5O4S. The molecule has 0 radical (unpaired) electrons. The number of sulfonamides is 1. The van der Waals surface area contributed by atoms with Gasteiger partial charge in [-0.1, -0.05) is 0 Å². The third-order valence-electron chi connectivity index (χ3n) is 3.67. The number of imidazole rings is 1. The Bertz CT molecular complexity index is 1130. The van der Waals surface area contributed by atoms with Gasteiger partial charge in [-0.15, -0.1) is 5.10 Å². The zero-order valence-electron chi connectivity index (χ0n) is 13.9. The summed E-state index contributed by atoms with van der Waals surface area (Å²) in [6.45, 7) is 5.59. The first-order chi connectivity index (χ1) is 11.7. The summed E-state index contributed by atoms with van der Waals surface area (Å²) in [5.74, 6) is 1.08. The van der Waals surface area contributed by atoms with E-state index in [1.165, 1.54) is 22.7 Å². The van der Waals surface area contributed by atoms with Crippen molar-refractivity contribution in [2.45, 2.75) is 25.7 Å². The van der Waals surface area contributed by atoms with Gasteiger partial charge >= 0.3 is 0 Å². The number of benzene rings is 1. The molecule has 3 rings (SSSR count). The first-order valence-corrected chi connectivity index (χ1v) is 9.03. The summed E-state index contributed by atoms with van der Waals surface area (Å²) in [5, 5.41) is 9.58. The molecule has 2 aromatic heterocycles. The number of aromatic nitrogens is 4. The summed E-state index contributed by atoms with van der Waals surface area (Å²) < 4.78 is 30.2. The zero-order valence-corrected chi connectivity index (χ0v) is 14.7. The Labute approximate surface area is 143 Å². The van der Waals surface area contributed by atoms with E-state index in [2.05, 4.69) is 15.1 Å². The van der Waals surface area contributed by atoms with Crippen LogP contribution in [0, 0.1) is 13.8 Å². The molecule has 0 amide bonds. The highest BCUT2D eigenvalue weighted by molar-refractivity contribution is 7.89. The van der Waals surface area contributed by atoms with Gasteiger partial charge in [0.1, 0.15) is 11.6 Å². The van der Waals surface area contributed by atoms with Crippen LogP contribution in [0.15, 0.2) is 27.9 Å². The second-order valence-electron chi connectivity index (χ2n) is 5.44. The van der Waals surface area contributed by atoms with Crippen LogP contribution in [0.3, 0.4) is 0 Å². The van der Waals surface area contributed by atoms with E-state index in [1.54, 1.807) is 20.8 Å². The third-order valence-corrected chi connectivity index (χ3v) is 4.58. The fraction of sp³-hybridized carbons (Fsp3) is 0.267. The van der Waals surface area contributed by atoms with Gasteiger partial charge in [0.05, 0.1) is 22.8 Å². The second kappa shape index (κ2) is 5.97. The van der Waals surface area contributed by atoms with Crippen molar-refractivity contribution in [2.24, 2.45) is 5.14 Å². The molecule has 0 aliphatic carbocycles. The van der Waals surface area contributed by atoms with E-state index in [0.29, 0.717) is 35.0 Å². The van der Waals surface area contributed by atoms with Gasteiger partial charge in [0.25, 0.3) is 5.56 Å². The first-order valence-electron chi connectivity index (χ1n) is 7.48. The van der Waals surface area contributed by atoms with Gasteiger partial charge in [0, 0.05) is 0 Å². The van der Waals surface area contributed by atoms with Crippen molar-refractivity contribution >= 4 is 15.5 Å². The minimum atomic E-state index is -3.92. The molecule has 0 saturated heterocycles. The quantitative estimate of drug-likeness (QED) is 0.703. The molecule has 0 saturated carbocycles. The number of primary sulfonamides is 1. The molecule has 132 valence electrons. The Hall–Kier alpha value is -2.72. The zero-order chi connectivity index (χ0) is 18.4. The van der Waals surface area contributed by atoms with E-state index < -0.39 is 10.0 Å². The monoisotopic (exact) mass is 363 g/mol. The molecule has 25 heavy (non-hydrogen) atoms. The third kappa shape index (κ3) is 3.01. The number of aryl methyl sites for hydroxylation is 2. The Kier molecular flexibility index (Phi) is 4.09. The average molecular weight is 363 g/mol. The maximum atomic E-state index is 12.4. The SMILES string of the molecule is CCOc1ccc(S(N)(=O)=O)cc1-c1nn2c(C)nc(C)c2c(=O)[nH]1. The van der Waals surface area contributed by atoms with Crippen LogP contribution in [0.25, 0.3) is 16.9 Å². The van der Waals surface area contributed by atoms with Crippen molar-refractivity contribution in [3.05, 3.63) is 40.1 Å². The van der Waals surface area contributed by atoms with Crippen LogP contribution >= 0.6 is 0 Å². The van der Waals surface area contributed by atoms with Gasteiger partial charge in [-0.05, 0) is 39.0 Å². The molecule has 0 bridgehead atoms. The highest BCUT2D eigenvalue weighted by atomic mass is 32.2. The van der Waals surface area contributed by atoms with E-state index in [4.69, 9.17) is 9.88 Å². The van der Waals surface area contributed by atoms with Gasteiger partial charge in [0.15, 0.2) is 11.3 Å². The molecule has 10 heteroatoms. The molecule has 1 aromatic carbocycles. The molecule has 0 spiro atoms. The van der Waals surface area contributed by atoms with Crippen molar-refractivity contribution in [1.82, 2.24) is 19.6 Å². The molecule has 0 atom stereocenters. The lowest BCUT2D eigenvalue weighted by atomic mass is 10.2. The van der Waals surface area contributed by atoms with Crippen LogP contribution in [0.1, 0.15) is 18.4 Å². The Morgan fingerprint density at radius 2 is 2.04 bits per heavy atom. The molecule has 0 aliphatic heterocycles. The second-order valence-corrected chi connectivity index (χ2v) is 7.00. The van der Waals surface area contributed by atoms with Gasteiger partial charge in [0.2, 0.25) is 10.0 Å². The van der Waals surface area contributed by atoms with E-state index in [-0.39, 0.29) is 16.3 Å². The predicted molar refractivity (Wildman–Crippen MR) is 91.1 cm³/mol. The molecule has 2 heterocycles. The number of nitrogens with zero attached hydrogens (tertiary/aromatic N) is 3. The Morgan fingerprint density at radius 3 is 2.68 bits per heavy atom. The van der Waals surface area contributed by atoms with Crippen LogP contribution in [0.5, 0.6) is 5.75 Å². The fourth-order valence-corrected chi connectivity index (χ4v) is 3.15. The van der Waals surface area contributed by atoms with Gasteiger partial charge < -0.3 is 9.72 Å². The number of nitrogens with one attached hydrogen (secondary N) is 1. The molecule has 0 fully saturated rings. The van der Waals surface area contributed by atoms with Crippen LogP contribution in [-0.2, 0) is 10.0 Å². The highest BCUT2D eigenvalue weighted by Gasteiger charge is 2.18. The number of H-pyrrole nitrogens is 1. The topological polar surface area (TPSA) is 132 Å². The van der Waals surface area contributed by atoms with Crippen molar-refractivity contribution < 1.29 is 13.2 Å². The van der Waals surface area contributed by atoms with Crippen molar-refractivity contribution in [3.63, 3.8) is 0 Å². The van der Waals surface area contributed by atoms with E-state index in [0.717, 1.165) is 0 Å². The maximum Gasteiger partial charge on any atom is 0.277 e. The Morgan fingerprint density at radius 1 is 1.32 bits per heavy atom. The largest absolute Gasteiger partial charge is 0.493 e. The highest BCUT2D eigenvalue weighted by Crippen LogP contribution is 2.29. The van der Waals surface area contributed by atoms with Crippen LogP contribution in [0.4, 0.5) is 0 Å². The number of hydrogen-bond acceptors (Lipinski definition) is 6. The molecule has 3 N–H and O–H groups in total. The Balaban J connectivity index is 2.33. The lowest BCUT2D eigenvalue weighted by molar-refractivity contribution is 0.341. The van der Waals surface area contributed by atoms with Crippen LogP contribution in [-0.4, -0.2) is 34.6 Å². The summed E-state index contributed by atoms with van der Waals surface area (Å²) in [6.07, 6.45) is 0. The number of ether oxygens (including phenoxy) is 1. The normalized spacial score (nSPS) is 11.8. The minimum Gasteiger partial charge on any atom is -0.493 e. The predicted octanol–water partition coefficient (Wildman–Crippen LogP) is 0.748. The number of aromatic amines is 1. The minimum absolute atomic E-state index is 0.104. The van der Waals surface area contributed by atoms with Crippen molar-refractivity contribution in [1.29, 1.82) is 0 Å². The lowest BCUT2D eigenvalue weighted by Crippen LogP contribution is -2.16. The van der Waals surface area contributed by atoms with Crippen LogP contribution < -0.4 is 15.4 Å². The number of nitrogens with two attached hydrogens (primary N) is 1. The molecule has 0 unspecified atom stereocenters. The molecule has 0 aliphatic rings.